The van der Waals surface area contributed by atoms with Gasteiger partial charge in [0.15, 0.2) is 0 Å². The van der Waals surface area contributed by atoms with Gasteiger partial charge in [-0.3, -0.25) is 9.69 Å². The fourth-order valence-corrected chi connectivity index (χ4v) is 3.31. The molecule has 144 valence electrons. The average molecular weight is 389 g/mol. The zero-order valence-electron chi connectivity index (χ0n) is 15.9. The molecule has 1 saturated carbocycles. The lowest BCUT2D eigenvalue weighted by atomic mass is 10.1. The van der Waals surface area contributed by atoms with Crippen LogP contribution in [0.4, 0.5) is 5.69 Å². The van der Waals surface area contributed by atoms with Gasteiger partial charge in [0.05, 0.1) is 26.5 Å². The molecule has 1 fully saturated rings. The van der Waals surface area contributed by atoms with Gasteiger partial charge in [-0.15, -0.1) is 0 Å². The molecule has 0 aromatic heterocycles. The molecule has 1 aliphatic carbocycles. The molecular weight excluding hydrogens is 364 g/mol. The normalized spacial score (nSPS) is 14.7. The van der Waals surface area contributed by atoms with Crippen molar-refractivity contribution in [1.29, 1.82) is 0 Å². The van der Waals surface area contributed by atoms with Crippen LogP contribution < -0.4 is 14.8 Å². The monoisotopic (exact) mass is 388 g/mol. The lowest BCUT2D eigenvalue weighted by Crippen LogP contribution is -2.37. The zero-order chi connectivity index (χ0) is 19.4. The van der Waals surface area contributed by atoms with Crippen molar-refractivity contribution in [3.63, 3.8) is 0 Å². The molecule has 1 N–H and O–H groups in total. The first-order valence-electron chi connectivity index (χ1n) is 9.05. The van der Waals surface area contributed by atoms with Crippen LogP contribution in [-0.2, 0) is 4.79 Å². The second kappa shape index (κ2) is 8.63. The number of rotatable bonds is 8. The minimum Gasteiger partial charge on any atom is -0.497 e. The van der Waals surface area contributed by atoms with Crippen LogP contribution in [0.5, 0.6) is 11.5 Å². The first kappa shape index (κ1) is 19.5. The van der Waals surface area contributed by atoms with Crippen molar-refractivity contribution >= 4 is 23.2 Å². The molecule has 0 aliphatic heterocycles. The number of methoxy groups -OCH3 is 2. The van der Waals surface area contributed by atoms with E-state index in [1.807, 2.05) is 24.3 Å². The Bertz CT molecular complexity index is 791. The van der Waals surface area contributed by atoms with Gasteiger partial charge in [-0.1, -0.05) is 23.7 Å². The van der Waals surface area contributed by atoms with Gasteiger partial charge in [0.25, 0.3) is 0 Å². The number of carbonyl (C=O) groups is 1. The van der Waals surface area contributed by atoms with Crippen molar-refractivity contribution < 1.29 is 14.3 Å². The summed E-state index contributed by atoms with van der Waals surface area (Å²) in [6.45, 7) is 2.44. The van der Waals surface area contributed by atoms with Crippen LogP contribution >= 0.6 is 11.6 Å². The Balaban J connectivity index is 1.72. The Labute approximate surface area is 165 Å². The summed E-state index contributed by atoms with van der Waals surface area (Å²) in [6.07, 6.45) is 2.24. The molecule has 1 amide bonds. The van der Waals surface area contributed by atoms with Gasteiger partial charge in [0, 0.05) is 23.2 Å². The van der Waals surface area contributed by atoms with Crippen LogP contribution in [0, 0.1) is 0 Å². The summed E-state index contributed by atoms with van der Waals surface area (Å²) in [7, 11) is 3.17. The Morgan fingerprint density at radius 1 is 1.19 bits per heavy atom. The highest BCUT2D eigenvalue weighted by atomic mass is 35.5. The van der Waals surface area contributed by atoms with Crippen LogP contribution in [0.25, 0.3) is 0 Å². The number of hydrogen-bond donors (Lipinski definition) is 1. The molecule has 3 rings (SSSR count). The molecule has 0 saturated heterocycles. The maximum Gasteiger partial charge on any atom is 0.238 e. The highest BCUT2D eigenvalue weighted by molar-refractivity contribution is 6.30. The lowest BCUT2D eigenvalue weighted by Gasteiger charge is -2.29. The average Bonchev–Trinajstić information content (AvgIpc) is 3.51. The van der Waals surface area contributed by atoms with E-state index >= 15 is 0 Å². The van der Waals surface area contributed by atoms with E-state index in [0.717, 1.165) is 18.4 Å². The third-order valence-corrected chi connectivity index (χ3v) is 5.12. The summed E-state index contributed by atoms with van der Waals surface area (Å²) in [5, 5.41) is 3.67. The zero-order valence-corrected chi connectivity index (χ0v) is 16.6. The highest BCUT2D eigenvalue weighted by Gasteiger charge is 2.34. The van der Waals surface area contributed by atoms with Crippen molar-refractivity contribution in [2.24, 2.45) is 0 Å². The van der Waals surface area contributed by atoms with Crippen molar-refractivity contribution in [3.8, 4) is 11.5 Å². The summed E-state index contributed by atoms with van der Waals surface area (Å²) >= 11 is 6.00. The third-order valence-electron chi connectivity index (χ3n) is 4.87. The van der Waals surface area contributed by atoms with E-state index in [9.17, 15) is 4.79 Å². The van der Waals surface area contributed by atoms with Crippen LogP contribution in [0.15, 0.2) is 42.5 Å². The molecule has 0 spiro atoms. The first-order valence-corrected chi connectivity index (χ1v) is 9.42. The minimum absolute atomic E-state index is 0.0748. The topological polar surface area (TPSA) is 50.8 Å². The number of amides is 1. The quantitative estimate of drug-likeness (QED) is 0.722. The number of nitrogens with one attached hydrogen (secondary N) is 1. The van der Waals surface area contributed by atoms with Gasteiger partial charge in [-0.25, -0.2) is 0 Å². The summed E-state index contributed by atoms with van der Waals surface area (Å²) in [4.78, 5) is 15.0. The molecule has 27 heavy (non-hydrogen) atoms. The number of carbonyl (C=O) groups excluding carboxylic acids is 1. The summed E-state index contributed by atoms with van der Waals surface area (Å²) < 4.78 is 10.6. The summed E-state index contributed by atoms with van der Waals surface area (Å²) in [5.74, 6) is 1.20. The van der Waals surface area contributed by atoms with E-state index < -0.39 is 0 Å². The van der Waals surface area contributed by atoms with Crippen molar-refractivity contribution in [2.75, 3.05) is 26.1 Å². The van der Waals surface area contributed by atoms with Gasteiger partial charge in [-0.2, -0.15) is 0 Å². The Morgan fingerprint density at radius 3 is 2.48 bits per heavy atom. The van der Waals surface area contributed by atoms with Crippen molar-refractivity contribution in [1.82, 2.24) is 4.90 Å². The van der Waals surface area contributed by atoms with Gasteiger partial charge in [0.1, 0.15) is 11.5 Å². The third kappa shape index (κ3) is 4.93. The maximum absolute atomic E-state index is 12.7. The van der Waals surface area contributed by atoms with E-state index in [1.54, 1.807) is 32.4 Å². The molecule has 1 atom stereocenters. The maximum atomic E-state index is 12.7. The largest absolute Gasteiger partial charge is 0.497 e. The highest BCUT2D eigenvalue weighted by Crippen LogP contribution is 2.35. The number of benzene rings is 2. The molecular formula is C21H25ClN2O3. The second-order valence-corrected chi connectivity index (χ2v) is 7.18. The SMILES string of the molecule is COc1ccc(OC)c(NC(=O)CN(C2CC2)C(C)c2ccc(Cl)cc2)c1. The summed E-state index contributed by atoms with van der Waals surface area (Å²) in [6, 6.07) is 13.7. The number of ether oxygens (including phenoxy) is 2. The van der Waals surface area contributed by atoms with Crippen LogP contribution in [0.2, 0.25) is 5.02 Å². The summed E-state index contributed by atoms with van der Waals surface area (Å²) in [5.41, 5.74) is 1.76. The fourth-order valence-electron chi connectivity index (χ4n) is 3.19. The first-order chi connectivity index (χ1) is 13.0. The number of hydrogen-bond acceptors (Lipinski definition) is 4. The lowest BCUT2D eigenvalue weighted by molar-refractivity contribution is -0.118. The smallest absolute Gasteiger partial charge is 0.238 e. The van der Waals surface area contributed by atoms with Crippen molar-refractivity contribution in [2.45, 2.75) is 31.8 Å². The van der Waals surface area contributed by atoms with E-state index in [-0.39, 0.29) is 11.9 Å². The number of anilines is 1. The molecule has 0 radical (unpaired) electrons. The van der Waals surface area contributed by atoms with E-state index in [0.29, 0.717) is 34.8 Å². The molecule has 1 unspecified atom stereocenters. The van der Waals surface area contributed by atoms with E-state index in [2.05, 4.69) is 17.1 Å². The predicted octanol–water partition coefficient (Wildman–Crippen LogP) is 4.52. The molecule has 2 aromatic carbocycles. The van der Waals surface area contributed by atoms with Crippen LogP contribution in [-0.4, -0.2) is 37.6 Å². The van der Waals surface area contributed by atoms with E-state index in [1.165, 1.54) is 0 Å². The Hall–Kier alpha value is -2.24. The van der Waals surface area contributed by atoms with Gasteiger partial charge in [0.2, 0.25) is 5.91 Å². The molecule has 0 bridgehead atoms. The molecule has 6 heteroatoms. The Kier molecular flexibility index (Phi) is 6.24. The standard InChI is InChI=1S/C21H25ClN2O3/c1-14(15-4-6-16(22)7-5-15)24(17-8-9-17)13-21(25)23-19-12-18(26-2)10-11-20(19)27-3/h4-7,10-12,14,17H,8-9,13H2,1-3H3,(H,23,25). The number of nitrogens with zero attached hydrogens (tertiary/aromatic N) is 1. The van der Waals surface area contributed by atoms with E-state index in [4.69, 9.17) is 21.1 Å². The predicted molar refractivity (Wildman–Crippen MR) is 108 cm³/mol. The van der Waals surface area contributed by atoms with Gasteiger partial charge < -0.3 is 14.8 Å². The van der Waals surface area contributed by atoms with Gasteiger partial charge in [-0.05, 0) is 49.6 Å². The second-order valence-electron chi connectivity index (χ2n) is 6.75. The van der Waals surface area contributed by atoms with Crippen molar-refractivity contribution in [3.05, 3.63) is 53.1 Å². The minimum atomic E-state index is -0.0748. The van der Waals surface area contributed by atoms with Crippen LogP contribution in [0.3, 0.4) is 0 Å². The molecule has 0 heterocycles. The van der Waals surface area contributed by atoms with Gasteiger partial charge >= 0.3 is 0 Å². The molecule has 5 nitrogen and oxygen atoms in total. The van der Waals surface area contributed by atoms with Crippen LogP contribution in [0.1, 0.15) is 31.4 Å². The number of halogens is 1. The fraction of sp³-hybridized carbons (Fsp3) is 0.381. The molecule has 2 aromatic rings. The Morgan fingerprint density at radius 2 is 1.89 bits per heavy atom. The molecule has 1 aliphatic rings.